The van der Waals surface area contributed by atoms with Gasteiger partial charge >= 0.3 is 5.97 Å². The summed E-state index contributed by atoms with van der Waals surface area (Å²) in [6, 6.07) is 16.2. The van der Waals surface area contributed by atoms with Crippen LogP contribution in [0, 0.1) is 6.92 Å². The van der Waals surface area contributed by atoms with E-state index in [4.69, 9.17) is 9.72 Å². The first-order valence-electron chi connectivity index (χ1n) is 8.35. The molecule has 5 nitrogen and oxygen atoms in total. The SMILES string of the molecule is CCOC(=O)c1cnn2c1nc(Sc1ccc(C)cc1)c1ccccc12. The minimum Gasteiger partial charge on any atom is -0.462 e. The second kappa shape index (κ2) is 6.80. The predicted octanol–water partition coefficient (Wildman–Crippen LogP) is 4.52. The topological polar surface area (TPSA) is 56.5 Å². The molecule has 130 valence electrons. The van der Waals surface area contributed by atoms with E-state index < -0.39 is 5.97 Å². The van der Waals surface area contributed by atoms with Gasteiger partial charge in [0.25, 0.3) is 0 Å². The van der Waals surface area contributed by atoms with E-state index in [0.29, 0.717) is 17.8 Å². The van der Waals surface area contributed by atoms with Gasteiger partial charge < -0.3 is 4.74 Å². The highest BCUT2D eigenvalue weighted by Gasteiger charge is 2.19. The Morgan fingerprint density at radius 2 is 1.92 bits per heavy atom. The number of esters is 1. The van der Waals surface area contributed by atoms with Gasteiger partial charge in [0.2, 0.25) is 0 Å². The molecule has 6 heteroatoms. The Kier molecular flexibility index (Phi) is 4.34. The molecule has 0 aliphatic heterocycles. The van der Waals surface area contributed by atoms with Crippen LogP contribution in [-0.4, -0.2) is 27.2 Å². The van der Waals surface area contributed by atoms with Crippen LogP contribution in [0.2, 0.25) is 0 Å². The Labute approximate surface area is 155 Å². The standard InChI is InChI=1S/C20H17N3O2S/c1-3-25-20(24)16-12-21-23-17-7-5-4-6-15(17)19(22-18(16)23)26-14-10-8-13(2)9-11-14/h4-12H,3H2,1-2H3. The number of carbonyl (C=O) groups excluding carboxylic acids is 1. The average molecular weight is 363 g/mol. The molecule has 26 heavy (non-hydrogen) atoms. The lowest BCUT2D eigenvalue weighted by molar-refractivity contribution is 0.0528. The van der Waals surface area contributed by atoms with Gasteiger partial charge in [0.05, 0.1) is 18.3 Å². The first kappa shape index (κ1) is 16.6. The second-order valence-corrected chi connectivity index (χ2v) is 6.93. The van der Waals surface area contributed by atoms with Crippen molar-refractivity contribution in [2.45, 2.75) is 23.8 Å². The van der Waals surface area contributed by atoms with E-state index in [0.717, 1.165) is 20.8 Å². The lowest BCUT2D eigenvalue weighted by Gasteiger charge is -2.08. The van der Waals surface area contributed by atoms with Crippen molar-refractivity contribution >= 4 is 34.3 Å². The Morgan fingerprint density at radius 3 is 2.69 bits per heavy atom. The monoisotopic (exact) mass is 363 g/mol. The fraction of sp³-hybridized carbons (Fsp3) is 0.150. The summed E-state index contributed by atoms with van der Waals surface area (Å²) >= 11 is 1.57. The predicted molar refractivity (Wildman–Crippen MR) is 102 cm³/mol. The lowest BCUT2D eigenvalue weighted by atomic mass is 10.2. The maximum absolute atomic E-state index is 12.2. The van der Waals surface area contributed by atoms with Gasteiger partial charge in [-0.15, -0.1) is 0 Å². The molecule has 2 aromatic carbocycles. The zero-order valence-electron chi connectivity index (χ0n) is 14.5. The van der Waals surface area contributed by atoms with Crippen LogP contribution >= 0.6 is 11.8 Å². The molecule has 0 unspecified atom stereocenters. The molecule has 0 aliphatic rings. The van der Waals surface area contributed by atoms with Crippen molar-refractivity contribution in [2.75, 3.05) is 6.61 Å². The fourth-order valence-corrected chi connectivity index (χ4v) is 3.68. The minimum atomic E-state index is -0.406. The quantitative estimate of drug-likeness (QED) is 0.394. The van der Waals surface area contributed by atoms with Gasteiger partial charge in [-0.2, -0.15) is 5.10 Å². The zero-order chi connectivity index (χ0) is 18.1. The van der Waals surface area contributed by atoms with Crippen LogP contribution in [0.3, 0.4) is 0 Å². The highest BCUT2D eigenvalue weighted by Crippen LogP contribution is 2.33. The number of aromatic nitrogens is 3. The normalized spacial score (nSPS) is 11.2. The molecule has 0 aliphatic carbocycles. The highest BCUT2D eigenvalue weighted by atomic mass is 32.2. The Hall–Kier alpha value is -2.86. The number of hydrogen-bond donors (Lipinski definition) is 0. The van der Waals surface area contributed by atoms with Gasteiger partial charge in [-0.3, -0.25) is 0 Å². The van der Waals surface area contributed by atoms with Crippen LogP contribution in [0.5, 0.6) is 0 Å². The number of fused-ring (bicyclic) bond motifs is 3. The van der Waals surface area contributed by atoms with E-state index >= 15 is 0 Å². The van der Waals surface area contributed by atoms with Gasteiger partial charge in [0, 0.05) is 10.3 Å². The summed E-state index contributed by atoms with van der Waals surface area (Å²) in [7, 11) is 0. The summed E-state index contributed by atoms with van der Waals surface area (Å²) in [6.45, 7) is 4.16. The molecular formula is C20H17N3O2S. The summed E-state index contributed by atoms with van der Waals surface area (Å²) in [5.74, 6) is -0.406. The third-order valence-corrected chi connectivity index (χ3v) is 5.06. The van der Waals surface area contributed by atoms with Crippen molar-refractivity contribution in [3.8, 4) is 0 Å². The maximum Gasteiger partial charge on any atom is 0.343 e. The van der Waals surface area contributed by atoms with Crippen molar-refractivity contribution in [1.82, 2.24) is 14.6 Å². The molecule has 0 saturated heterocycles. The number of ether oxygens (including phenoxy) is 1. The summed E-state index contributed by atoms with van der Waals surface area (Å²) < 4.78 is 6.83. The number of nitrogens with zero attached hydrogens (tertiary/aromatic N) is 3. The van der Waals surface area contributed by atoms with Gasteiger partial charge in [-0.1, -0.05) is 47.7 Å². The van der Waals surface area contributed by atoms with Gasteiger partial charge in [-0.25, -0.2) is 14.3 Å². The third-order valence-electron chi connectivity index (χ3n) is 4.04. The first-order chi connectivity index (χ1) is 12.7. The van der Waals surface area contributed by atoms with Crippen molar-refractivity contribution in [3.63, 3.8) is 0 Å². The summed E-state index contributed by atoms with van der Waals surface area (Å²) in [6.07, 6.45) is 1.52. The molecule has 4 aromatic rings. The molecule has 2 heterocycles. The van der Waals surface area contributed by atoms with E-state index in [1.807, 2.05) is 24.3 Å². The number of aryl methyl sites for hydroxylation is 1. The van der Waals surface area contributed by atoms with Gasteiger partial charge in [0.1, 0.15) is 10.6 Å². The molecule has 0 bridgehead atoms. The Morgan fingerprint density at radius 1 is 1.15 bits per heavy atom. The number of rotatable bonds is 4. The number of hydrogen-bond acceptors (Lipinski definition) is 5. The molecule has 0 radical (unpaired) electrons. The zero-order valence-corrected chi connectivity index (χ0v) is 15.3. The average Bonchev–Trinajstić information content (AvgIpc) is 3.08. The van der Waals surface area contributed by atoms with Crippen LogP contribution in [0.25, 0.3) is 16.6 Å². The molecule has 0 amide bonds. The summed E-state index contributed by atoms with van der Waals surface area (Å²) in [5, 5.41) is 6.18. The molecule has 0 fully saturated rings. The fourth-order valence-electron chi connectivity index (χ4n) is 2.77. The largest absolute Gasteiger partial charge is 0.462 e. The van der Waals surface area contributed by atoms with E-state index in [1.54, 1.807) is 23.2 Å². The van der Waals surface area contributed by atoms with Crippen molar-refractivity contribution in [2.24, 2.45) is 0 Å². The molecule has 0 saturated carbocycles. The van der Waals surface area contributed by atoms with E-state index in [9.17, 15) is 4.79 Å². The second-order valence-electron chi connectivity index (χ2n) is 5.86. The number of para-hydroxylation sites is 1. The Bertz CT molecular complexity index is 1100. The van der Waals surface area contributed by atoms with Gasteiger partial charge in [-0.05, 0) is 32.0 Å². The van der Waals surface area contributed by atoms with E-state index in [2.05, 4.69) is 36.3 Å². The smallest absolute Gasteiger partial charge is 0.343 e. The molecule has 0 atom stereocenters. The van der Waals surface area contributed by atoms with Crippen LogP contribution in [-0.2, 0) is 4.74 Å². The van der Waals surface area contributed by atoms with E-state index in [-0.39, 0.29) is 0 Å². The first-order valence-corrected chi connectivity index (χ1v) is 9.17. The number of carbonyl (C=O) groups is 1. The van der Waals surface area contributed by atoms with Crippen LogP contribution < -0.4 is 0 Å². The van der Waals surface area contributed by atoms with Crippen molar-refractivity contribution < 1.29 is 9.53 Å². The van der Waals surface area contributed by atoms with E-state index in [1.165, 1.54) is 11.8 Å². The molecule has 2 aromatic heterocycles. The minimum absolute atomic E-state index is 0.314. The third kappa shape index (κ3) is 2.93. The van der Waals surface area contributed by atoms with Crippen LogP contribution in [0.4, 0.5) is 0 Å². The summed E-state index contributed by atoms with van der Waals surface area (Å²) in [4.78, 5) is 18.1. The van der Waals surface area contributed by atoms with Crippen molar-refractivity contribution in [3.05, 3.63) is 65.9 Å². The maximum atomic E-state index is 12.2. The molecular weight excluding hydrogens is 346 g/mol. The molecule has 4 rings (SSSR count). The van der Waals surface area contributed by atoms with Gasteiger partial charge in [0.15, 0.2) is 5.65 Å². The Balaban J connectivity index is 1.90. The molecule has 0 N–H and O–H groups in total. The highest BCUT2D eigenvalue weighted by molar-refractivity contribution is 7.99. The van der Waals surface area contributed by atoms with Crippen LogP contribution in [0.1, 0.15) is 22.8 Å². The van der Waals surface area contributed by atoms with Crippen LogP contribution in [0.15, 0.2) is 64.6 Å². The van der Waals surface area contributed by atoms with Crippen molar-refractivity contribution in [1.29, 1.82) is 0 Å². The molecule has 0 spiro atoms. The summed E-state index contributed by atoms with van der Waals surface area (Å²) in [5.41, 5.74) is 3.01. The lowest BCUT2D eigenvalue weighted by Crippen LogP contribution is -2.05. The number of benzene rings is 2.